The number of methoxy groups -OCH3 is 1. The first-order valence-corrected chi connectivity index (χ1v) is 15.3. The Bertz CT molecular complexity index is 1970. The summed E-state index contributed by atoms with van der Waals surface area (Å²) < 4.78 is 20.2. The van der Waals surface area contributed by atoms with Gasteiger partial charge in [-0.3, -0.25) is 15.4 Å². The lowest BCUT2D eigenvalue weighted by Crippen LogP contribution is -2.40. The number of nitrogens with zero attached hydrogens (tertiary/aromatic N) is 3. The molecule has 1 aliphatic heterocycles. The van der Waals surface area contributed by atoms with Crippen LogP contribution >= 0.6 is 0 Å². The van der Waals surface area contributed by atoms with Crippen LogP contribution in [0.5, 0.6) is 11.5 Å². The molecule has 6 rings (SSSR count). The number of carbonyl (C=O) groups excluding carboxylic acids is 1. The molecule has 1 aromatic heterocycles. The lowest BCUT2D eigenvalue weighted by molar-refractivity contribution is 0.0600. The summed E-state index contributed by atoms with van der Waals surface area (Å²) in [6.45, 7) is 7.59. The van der Waals surface area contributed by atoms with Gasteiger partial charge in [0.25, 0.3) is 0 Å². The van der Waals surface area contributed by atoms with Crippen molar-refractivity contribution in [3.8, 4) is 17.2 Å². The number of hydrogen-bond acceptors (Lipinski definition) is 7. The van der Waals surface area contributed by atoms with Gasteiger partial charge >= 0.3 is 5.97 Å². The van der Waals surface area contributed by atoms with E-state index in [9.17, 15) is 4.79 Å². The number of amidine groups is 2. The molecule has 4 aromatic carbocycles. The molecule has 1 aliphatic rings. The molecular weight excluding hydrogens is 580 g/mol. The maximum absolute atomic E-state index is 11.9. The van der Waals surface area contributed by atoms with Crippen molar-refractivity contribution >= 4 is 39.4 Å². The summed E-state index contributed by atoms with van der Waals surface area (Å²) in [5, 5.41) is 18.0. The minimum atomic E-state index is -0.386. The number of piperidine rings is 1. The lowest BCUT2D eigenvalue weighted by Gasteiger charge is -2.33. The van der Waals surface area contributed by atoms with Crippen LogP contribution in [-0.2, 0) is 11.3 Å². The van der Waals surface area contributed by atoms with E-state index < -0.39 is 0 Å². The number of nitrogens with two attached hydrogens (primary N) is 1. The van der Waals surface area contributed by atoms with Crippen molar-refractivity contribution in [1.82, 2.24) is 14.5 Å². The van der Waals surface area contributed by atoms with E-state index in [2.05, 4.69) is 9.47 Å². The molecule has 236 valence electrons. The van der Waals surface area contributed by atoms with Gasteiger partial charge in [0.2, 0.25) is 0 Å². The van der Waals surface area contributed by atoms with Gasteiger partial charge in [-0.2, -0.15) is 0 Å². The van der Waals surface area contributed by atoms with Crippen molar-refractivity contribution in [2.24, 2.45) is 5.73 Å². The number of nitrogens with one attached hydrogen (secondary N) is 2. The molecule has 1 saturated heterocycles. The quantitative estimate of drug-likeness (QED) is 0.106. The second-order valence-corrected chi connectivity index (χ2v) is 11.6. The van der Waals surface area contributed by atoms with Gasteiger partial charge in [-0.25, -0.2) is 9.78 Å². The molecule has 2 heterocycles. The fourth-order valence-corrected chi connectivity index (χ4v) is 6.22. The predicted octanol–water partition coefficient (Wildman–Crippen LogP) is 6.29. The van der Waals surface area contributed by atoms with Gasteiger partial charge in [-0.05, 0) is 56.0 Å². The highest BCUT2D eigenvalue weighted by molar-refractivity contribution is 6.10. The van der Waals surface area contributed by atoms with Gasteiger partial charge in [0, 0.05) is 48.5 Å². The molecule has 0 aliphatic carbocycles. The summed E-state index contributed by atoms with van der Waals surface area (Å²) in [4.78, 5) is 19.0. The Morgan fingerprint density at radius 2 is 1.70 bits per heavy atom. The third-order valence-electron chi connectivity index (χ3n) is 8.67. The average molecular weight is 619 g/mol. The third kappa shape index (κ3) is 5.74. The van der Waals surface area contributed by atoms with Gasteiger partial charge in [0.1, 0.15) is 24.4 Å². The van der Waals surface area contributed by atoms with E-state index in [0.717, 1.165) is 70.4 Å². The fraction of sp³-hybridized carbons (Fsp3) is 0.278. The third-order valence-corrected chi connectivity index (χ3v) is 8.67. The molecule has 4 N–H and O–H groups in total. The second kappa shape index (κ2) is 12.5. The maximum atomic E-state index is 11.9. The van der Waals surface area contributed by atoms with Crippen molar-refractivity contribution in [3.05, 3.63) is 94.8 Å². The SMILES string of the molecule is COC(=O)c1ccc(COc2c(OC3CCN(C(C)=N)CC3)cc3c(nc(C)n3-c3ccc(C(=N)N)c4ccccc34)c2C)cc1. The Morgan fingerprint density at radius 1 is 1.00 bits per heavy atom. The van der Waals surface area contributed by atoms with Crippen molar-refractivity contribution in [1.29, 1.82) is 10.8 Å². The molecule has 0 unspecified atom stereocenters. The lowest BCUT2D eigenvalue weighted by atomic mass is 10.0. The minimum Gasteiger partial charge on any atom is -0.486 e. The number of nitrogen functional groups attached to an aromatic ring is 1. The number of rotatable bonds is 8. The van der Waals surface area contributed by atoms with Gasteiger partial charge in [-0.1, -0.05) is 36.4 Å². The molecule has 46 heavy (non-hydrogen) atoms. The highest BCUT2D eigenvalue weighted by Gasteiger charge is 2.26. The highest BCUT2D eigenvalue weighted by atomic mass is 16.5. The Kier molecular flexibility index (Phi) is 8.36. The number of benzene rings is 4. The number of likely N-dealkylation sites (tertiary alicyclic amines) is 1. The summed E-state index contributed by atoms with van der Waals surface area (Å²) in [7, 11) is 1.36. The Labute approximate surface area is 267 Å². The smallest absolute Gasteiger partial charge is 0.337 e. The zero-order valence-corrected chi connectivity index (χ0v) is 26.5. The largest absolute Gasteiger partial charge is 0.486 e. The number of aryl methyl sites for hydroxylation is 2. The molecule has 0 atom stereocenters. The van der Waals surface area contributed by atoms with Crippen LogP contribution in [0.2, 0.25) is 0 Å². The summed E-state index contributed by atoms with van der Waals surface area (Å²) in [5.74, 6) is 2.26. The van der Waals surface area contributed by atoms with Crippen molar-refractivity contribution in [2.75, 3.05) is 20.2 Å². The van der Waals surface area contributed by atoms with Crippen molar-refractivity contribution < 1.29 is 19.0 Å². The molecule has 0 radical (unpaired) electrons. The first-order chi connectivity index (χ1) is 22.2. The number of fused-ring (bicyclic) bond motifs is 2. The maximum Gasteiger partial charge on any atom is 0.337 e. The summed E-state index contributed by atoms with van der Waals surface area (Å²) in [6.07, 6.45) is 1.54. The van der Waals surface area contributed by atoms with Crippen LogP contribution in [0.3, 0.4) is 0 Å². The number of carbonyl (C=O) groups is 1. The normalized spacial score (nSPS) is 13.6. The molecule has 0 bridgehead atoms. The topological polar surface area (TPSA) is 140 Å². The zero-order valence-electron chi connectivity index (χ0n) is 26.5. The average Bonchev–Trinajstić information content (AvgIpc) is 3.39. The number of imidazole rings is 1. The van der Waals surface area contributed by atoms with Gasteiger partial charge in [0.05, 0.1) is 35.2 Å². The van der Waals surface area contributed by atoms with Crippen LogP contribution < -0.4 is 15.2 Å². The van der Waals surface area contributed by atoms with E-state index >= 15 is 0 Å². The molecule has 0 saturated carbocycles. The highest BCUT2D eigenvalue weighted by Crippen LogP contribution is 2.41. The Hall–Kier alpha value is -5.38. The molecule has 0 spiro atoms. The van der Waals surface area contributed by atoms with Crippen molar-refractivity contribution in [2.45, 2.75) is 46.3 Å². The summed E-state index contributed by atoms with van der Waals surface area (Å²) >= 11 is 0. The molecule has 10 heteroatoms. The van der Waals surface area contributed by atoms with Gasteiger partial charge in [-0.15, -0.1) is 0 Å². The monoisotopic (exact) mass is 618 g/mol. The van der Waals surface area contributed by atoms with E-state index in [4.69, 9.17) is 35.7 Å². The van der Waals surface area contributed by atoms with E-state index in [1.165, 1.54) is 7.11 Å². The zero-order chi connectivity index (χ0) is 32.5. The number of hydrogen-bond donors (Lipinski definition) is 3. The van der Waals surface area contributed by atoms with Crippen LogP contribution in [0.15, 0.2) is 66.7 Å². The van der Waals surface area contributed by atoms with Gasteiger partial charge in [0.15, 0.2) is 11.5 Å². The summed E-state index contributed by atoms with van der Waals surface area (Å²) in [5.41, 5.74) is 11.5. The van der Waals surface area contributed by atoms with E-state index in [1.54, 1.807) is 12.1 Å². The minimum absolute atomic E-state index is 0.0208. The van der Waals surface area contributed by atoms with Crippen LogP contribution in [0.1, 0.15) is 52.6 Å². The van der Waals surface area contributed by atoms with Crippen LogP contribution in [0, 0.1) is 24.7 Å². The Balaban J connectivity index is 1.43. The first kappa shape index (κ1) is 30.6. The van der Waals surface area contributed by atoms with E-state index in [1.807, 2.05) is 75.4 Å². The van der Waals surface area contributed by atoms with Crippen molar-refractivity contribution in [3.63, 3.8) is 0 Å². The van der Waals surface area contributed by atoms with Gasteiger partial charge < -0.3 is 24.8 Å². The van der Waals surface area contributed by atoms with Crippen LogP contribution in [-0.4, -0.2) is 58.4 Å². The molecule has 10 nitrogen and oxygen atoms in total. The van der Waals surface area contributed by atoms with Crippen LogP contribution in [0.4, 0.5) is 0 Å². The Morgan fingerprint density at radius 3 is 2.35 bits per heavy atom. The molecule has 5 aromatic rings. The number of ether oxygens (including phenoxy) is 3. The standard InChI is InChI=1S/C36H38N6O4/c1-21-33-31(42(23(3)40-33)30-14-13-29(35(38)39)27-7-5-6-8-28(27)30)19-32(46-26-15-17-41(18-16-26)22(2)37)34(21)45-20-24-9-11-25(12-10-24)36(43)44-4/h5-14,19,26,37H,15-18,20H2,1-4H3,(H3,38,39). The van der Waals surface area contributed by atoms with E-state index in [-0.39, 0.29) is 24.5 Å². The van der Waals surface area contributed by atoms with E-state index in [0.29, 0.717) is 28.5 Å². The molecule has 0 amide bonds. The summed E-state index contributed by atoms with van der Waals surface area (Å²) in [6, 6.07) is 21.0. The number of esters is 1. The second-order valence-electron chi connectivity index (χ2n) is 11.6. The first-order valence-electron chi connectivity index (χ1n) is 15.3. The number of aromatic nitrogens is 2. The van der Waals surface area contributed by atoms with Crippen LogP contribution in [0.25, 0.3) is 27.5 Å². The fourth-order valence-electron chi connectivity index (χ4n) is 6.22. The predicted molar refractivity (Wildman–Crippen MR) is 180 cm³/mol. The molecular formula is C36H38N6O4. The molecule has 1 fully saturated rings.